The molecular formula is C19H31IN4O5. The van der Waals surface area contributed by atoms with Crippen LogP contribution in [0.2, 0.25) is 0 Å². The molecule has 1 aromatic rings. The monoisotopic (exact) mass is 522 g/mol. The van der Waals surface area contributed by atoms with Crippen LogP contribution in [0.1, 0.15) is 27.2 Å². The van der Waals surface area contributed by atoms with Gasteiger partial charge in [-0.25, -0.2) is 4.79 Å². The maximum absolute atomic E-state index is 11.5. The summed E-state index contributed by atoms with van der Waals surface area (Å²) in [5.41, 5.74) is -0.489. The predicted octanol–water partition coefficient (Wildman–Crippen LogP) is 2.49. The van der Waals surface area contributed by atoms with Crippen molar-refractivity contribution < 1.29 is 23.7 Å². The fourth-order valence-corrected chi connectivity index (χ4v) is 2.33. The number of hydrogen-bond acceptors (Lipinski definition) is 6. The molecule has 0 aliphatic carbocycles. The number of rotatable bonds is 8. The molecular weight excluding hydrogens is 491 g/mol. The first kappa shape index (κ1) is 24.9. The molecule has 164 valence electrons. The highest BCUT2D eigenvalue weighted by Crippen LogP contribution is 2.34. The van der Waals surface area contributed by atoms with E-state index < -0.39 is 11.7 Å². The minimum Gasteiger partial charge on any atom is -0.492 e. The van der Waals surface area contributed by atoms with Crippen LogP contribution in [0.3, 0.4) is 0 Å². The molecule has 29 heavy (non-hydrogen) atoms. The van der Waals surface area contributed by atoms with E-state index >= 15 is 0 Å². The summed E-state index contributed by atoms with van der Waals surface area (Å²) in [6, 6.07) is 5.49. The highest BCUT2D eigenvalue weighted by atomic mass is 127. The first-order chi connectivity index (χ1) is 13.4. The maximum Gasteiger partial charge on any atom is 0.407 e. The predicted molar refractivity (Wildman–Crippen MR) is 122 cm³/mol. The van der Waals surface area contributed by atoms with Crippen LogP contribution in [-0.2, 0) is 4.74 Å². The normalized spacial score (nSPS) is 12.6. The molecule has 3 N–H and O–H groups in total. The number of benzene rings is 1. The lowest BCUT2D eigenvalue weighted by molar-refractivity contribution is 0.0527. The Hall–Kier alpha value is -2.11. The number of aliphatic imine (C=N–C) groups is 1. The molecule has 0 atom stereocenters. The van der Waals surface area contributed by atoms with Crippen molar-refractivity contribution in [1.82, 2.24) is 16.0 Å². The molecule has 1 aliphatic heterocycles. The van der Waals surface area contributed by atoms with Crippen LogP contribution in [0, 0.1) is 0 Å². The molecule has 9 nitrogen and oxygen atoms in total. The van der Waals surface area contributed by atoms with Gasteiger partial charge in [0.25, 0.3) is 0 Å². The summed E-state index contributed by atoms with van der Waals surface area (Å²) in [5, 5.41) is 9.07. The van der Waals surface area contributed by atoms with E-state index in [9.17, 15) is 4.79 Å². The Morgan fingerprint density at radius 2 is 1.79 bits per heavy atom. The third-order valence-electron chi connectivity index (χ3n) is 3.55. The fraction of sp³-hybridized carbons (Fsp3) is 0.579. The van der Waals surface area contributed by atoms with Gasteiger partial charge < -0.3 is 34.9 Å². The van der Waals surface area contributed by atoms with E-state index in [2.05, 4.69) is 20.9 Å². The lowest BCUT2D eigenvalue weighted by Crippen LogP contribution is -2.40. The van der Waals surface area contributed by atoms with Crippen LogP contribution >= 0.6 is 24.0 Å². The van der Waals surface area contributed by atoms with E-state index in [0.717, 1.165) is 17.9 Å². The first-order valence-electron chi connectivity index (χ1n) is 9.31. The Balaban J connectivity index is 0.00000420. The highest BCUT2D eigenvalue weighted by Gasteiger charge is 2.15. The Bertz CT molecular complexity index is 679. The van der Waals surface area contributed by atoms with Gasteiger partial charge in [0.15, 0.2) is 17.5 Å². The third-order valence-corrected chi connectivity index (χ3v) is 3.55. The Labute approximate surface area is 188 Å². The van der Waals surface area contributed by atoms with E-state index in [1.54, 1.807) is 7.05 Å². The van der Waals surface area contributed by atoms with Gasteiger partial charge in [-0.05, 0) is 39.3 Å². The average Bonchev–Trinajstić information content (AvgIpc) is 3.09. The molecule has 0 bridgehead atoms. The zero-order valence-corrected chi connectivity index (χ0v) is 19.7. The second-order valence-electron chi connectivity index (χ2n) is 7.07. The third kappa shape index (κ3) is 9.77. The molecule has 1 aromatic carbocycles. The summed E-state index contributed by atoms with van der Waals surface area (Å²) in [4.78, 5) is 15.7. The number of nitrogens with zero attached hydrogens (tertiary/aromatic N) is 1. The molecule has 1 heterocycles. The summed E-state index contributed by atoms with van der Waals surface area (Å²) in [6.07, 6.45) is 0.337. The van der Waals surface area contributed by atoms with E-state index in [1.807, 2.05) is 39.0 Å². The minimum atomic E-state index is -0.489. The number of halogens is 1. The van der Waals surface area contributed by atoms with Gasteiger partial charge in [0.2, 0.25) is 6.79 Å². The van der Waals surface area contributed by atoms with Crippen molar-refractivity contribution in [3.63, 3.8) is 0 Å². The highest BCUT2D eigenvalue weighted by molar-refractivity contribution is 14.0. The van der Waals surface area contributed by atoms with Crippen LogP contribution in [0.25, 0.3) is 0 Å². The summed E-state index contributed by atoms with van der Waals surface area (Å²) in [6.45, 7) is 7.99. The lowest BCUT2D eigenvalue weighted by Gasteiger charge is -2.19. The van der Waals surface area contributed by atoms with Crippen LogP contribution in [0.5, 0.6) is 17.2 Å². The van der Waals surface area contributed by atoms with Crippen LogP contribution in [-0.4, -0.2) is 57.7 Å². The molecule has 0 saturated carbocycles. The number of ether oxygens (including phenoxy) is 4. The van der Waals surface area contributed by atoms with Crippen molar-refractivity contribution in [2.24, 2.45) is 4.99 Å². The van der Waals surface area contributed by atoms with Gasteiger partial charge in [0, 0.05) is 26.2 Å². The molecule has 1 aliphatic rings. The number of hydrogen-bond donors (Lipinski definition) is 3. The molecule has 2 rings (SSSR count). The Kier molecular flexibility index (Phi) is 10.7. The zero-order valence-electron chi connectivity index (χ0n) is 17.4. The van der Waals surface area contributed by atoms with E-state index in [4.69, 9.17) is 18.9 Å². The first-order valence-corrected chi connectivity index (χ1v) is 9.31. The fourth-order valence-electron chi connectivity index (χ4n) is 2.33. The van der Waals surface area contributed by atoms with Gasteiger partial charge in [0.1, 0.15) is 18.0 Å². The lowest BCUT2D eigenvalue weighted by atomic mass is 10.2. The summed E-state index contributed by atoms with van der Waals surface area (Å²) >= 11 is 0. The molecule has 1 amide bonds. The van der Waals surface area contributed by atoms with Crippen molar-refractivity contribution in [1.29, 1.82) is 0 Å². The molecule has 0 saturated heterocycles. The average molecular weight is 522 g/mol. The standard InChI is InChI=1S/C19H30N4O5.HI/c1-19(2,3)28-18(24)23-9-5-8-21-17(20-4)22-10-11-25-14-6-7-15-16(12-14)27-13-26-15;/h6-7,12H,5,8-11,13H2,1-4H3,(H,23,24)(H2,20,21,22);1H. The van der Waals surface area contributed by atoms with Crippen molar-refractivity contribution >= 4 is 36.0 Å². The van der Waals surface area contributed by atoms with E-state index in [0.29, 0.717) is 38.0 Å². The van der Waals surface area contributed by atoms with Crippen LogP contribution in [0.15, 0.2) is 23.2 Å². The van der Waals surface area contributed by atoms with Gasteiger partial charge in [0.05, 0.1) is 6.54 Å². The Morgan fingerprint density at radius 3 is 2.52 bits per heavy atom. The second kappa shape index (κ2) is 12.5. The van der Waals surface area contributed by atoms with Crippen LogP contribution < -0.4 is 30.2 Å². The molecule has 0 radical (unpaired) electrons. The molecule has 0 fully saturated rings. The van der Waals surface area contributed by atoms with Gasteiger partial charge >= 0.3 is 6.09 Å². The summed E-state index contributed by atoms with van der Waals surface area (Å²) in [7, 11) is 1.70. The number of nitrogens with one attached hydrogen (secondary N) is 3. The largest absolute Gasteiger partial charge is 0.492 e. The van der Waals surface area contributed by atoms with Crippen molar-refractivity contribution in [2.75, 3.05) is 40.1 Å². The number of carbonyl (C=O) groups is 1. The van der Waals surface area contributed by atoms with E-state index in [-0.39, 0.29) is 30.8 Å². The SMILES string of the molecule is CN=C(NCCCNC(=O)OC(C)(C)C)NCCOc1ccc2c(c1)OCO2.I. The molecule has 0 unspecified atom stereocenters. The topological polar surface area (TPSA) is 102 Å². The smallest absolute Gasteiger partial charge is 0.407 e. The zero-order chi connectivity index (χ0) is 20.4. The summed E-state index contributed by atoms with van der Waals surface area (Å²) in [5.74, 6) is 2.83. The van der Waals surface area contributed by atoms with Gasteiger partial charge in [-0.1, -0.05) is 0 Å². The maximum atomic E-state index is 11.5. The number of amides is 1. The van der Waals surface area contributed by atoms with Crippen molar-refractivity contribution in [3.8, 4) is 17.2 Å². The number of fused-ring (bicyclic) bond motifs is 1. The van der Waals surface area contributed by atoms with E-state index in [1.165, 1.54) is 0 Å². The number of guanidine groups is 1. The molecule has 0 aromatic heterocycles. The van der Waals surface area contributed by atoms with Gasteiger partial charge in [-0.15, -0.1) is 24.0 Å². The number of alkyl carbamates (subject to hydrolysis) is 1. The van der Waals surface area contributed by atoms with Crippen LogP contribution in [0.4, 0.5) is 4.79 Å². The number of carbonyl (C=O) groups excluding carboxylic acids is 1. The van der Waals surface area contributed by atoms with Gasteiger partial charge in [-0.2, -0.15) is 0 Å². The molecule has 10 heteroatoms. The van der Waals surface area contributed by atoms with Crippen molar-refractivity contribution in [2.45, 2.75) is 32.8 Å². The molecule has 0 spiro atoms. The minimum absolute atomic E-state index is 0. The van der Waals surface area contributed by atoms with Gasteiger partial charge in [-0.3, -0.25) is 4.99 Å². The second-order valence-corrected chi connectivity index (χ2v) is 7.07. The summed E-state index contributed by atoms with van der Waals surface area (Å²) < 4.78 is 21.5. The van der Waals surface area contributed by atoms with Crippen molar-refractivity contribution in [3.05, 3.63) is 18.2 Å². The Morgan fingerprint density at radius 1 is 1.10 bits per heavy atom. The quantitative estimate of drug-likeness (QED) is 0.209.